The smallest absolute Gasteiger partial charge is 0.374 e. The maximum atomic E-state index is 14.1. The molecule has 0 aliphatic rings. The summed E-state index contributed by atoms with van der Waals surface area (Å²) in [5.41, 5.74) is 1.23. The van der Waals surface area contributed by atoms with E-state index in [4.69, 9.17) is 13.3 Å². The Balaban J connectivity index is 3.00. The van der Waals surface area contributed by atoms with Gasteiger partial charge in [0.1, 0.15) is 5.82 Å². The standard InChI is InChI=1S/C14H23FO3Si/c1-5-16-19(17-6-2,18-7-3)11-13-10-8-9-12(4)14(13)15/h8-10H,5-7,11H2,1-4H3. The Hall–Kier alpha value is -0.753. The molecule has 5 heteroatoms. The van der Waals surface area contributed by atoms with Gasteiger partial charge in [0, 0.05) is 25.9 Å². The van der Waals surface area contributed by atoms with Gasteiger partial charge in [-0.25, -0.2) is 4.39 Å². The second-order valence-corrected chi connectivity index (χ2v) is 6.79. The van der Waals surface area contributed by atoms with Crippen molar-refractivity contribution in [2.24, 2.45) is 0 Å². The molecule has 0 saturated heterocycles. The lowest BCUT2D eigenvalue weighted by atomic mass is 10.1. The highest BCUT2D eigenvalue weighted by Gasteiger charge is 2.41. The van der Waals surface area contributed by atoms with Crippen LogP contribution >= 0.6 is 0 Å². The van der Waals surface area contributed by atoms with Gasteiger partial charge in [-0.15, -0.1) is 0 Å². The van der Waals surface area contributed by atoms with Gasteiger partial charge in [-0.2, -0.15) is 0 Å². The molecule has 0 fully saturated rings. The maximum Gasteiger partial charge on any atom is 0.505 e. The summed E-state index contributed by atoms with van der Waals surface area (Å²) in [6.07, 6.45) is 0. The molecule has 0 bridgehead atoms. The fourth-order valence-electron chi connectivity index (χ4n) is 2.02. The van der Waals surface area contributed by atoms with Gasteiger partial charge in [0.05, 0.1) is 0 Å². The van der Waals surface area contributed by atoms with E-state index in [1.807, 2.05) is 26.8 Å². The minimum absolute atomic E-state index is 0.196. The van der Waals surface area contributed by atoms with Crippen LogP contribution in [-0.2, 0) is 19.3 Å². The molecule has 0 aromatic heterocycles. The zero-order valence-electron chi connectivity index (χ0n) is 12.2. The minimum atomic E-state index is -2.83. The molecule has 19 heavy (non-hydrogen) atoms. The molecule has 0 radical (unpaired) electrons. The van der Waals surface area contributed by atoms with Crippen molar-refractivity contribution in [1.82, 2.24) is 0 Å². The third-order valence-corrected chi connectivity index (χ3v) is 5.77. The van der Waals surface area contributed by atoms with Crippen LogP contribution in [0.15, 0.2) is 18.2 Å². The van der Waals surface area contributed by atoms with Crippen LogP contribution in [0.2, 0.25) is 0 Å². The summed E-state index contributed by atoms with van der Waals surface area (Å²) in [6.45, 7) is 8.94. The molecular weight excluding hydrogens is 263 g/mol. The fraction of sp³-hybridized carbons (Fsp3) is 0.571. The Morgan fingerprint density at radius 3 is 2.00 bits per heavy atom. The molecule has 0 amide bonds. The molecule has 0 spiro atoms. The highest BCUT2D eigenvalue weighted by molar-refractivity contribution is 6.60. The van der Waals surface area contributed by atoms with Crippen LogP contribution in [0.4, 0.5) is 4.39 Å². The molecule has 1 aromatic rings. The molecule has 0 unspecified atom stereocenters. The first-order chi connectivity index (χ1) is 9.08. The highest BCUT2D eigenvalue weighted by Crippen LogP contribution is 2.21. The van der Waals surface area contributed by atoms with Crippen molar-refractivity contribution in [2.75, 3.05) is 19.8 Å². The number of benzene rings is 1. The molecule has 3 nitrogen and oxygen atoms in total. The molecule has 108 valence electrons. The van der Waals surface area contributed by atoms with Gasteiger partial charge in [-0.1, -0.05) is 18.2 Å². The van der Waals surface area contributed by atoms with E-state index in [2.05, 4.69) is 0 Å². The lowest BCUT2D eigenvalue weighted by Gasteiger charge is -2.28. The van der Waals surface area contributed by atoms with Crippen molar-refractivity contribution in [1.29, 1.82) is 0 Å². The van der Waals surface area contributed by atoms with E-state index in [-0.39, 0.29) is 5.82 Å². The summed E-state index contributed by atoms with van der Waals surface area (Å²) in [4.78, 5) is 0. The van der Waals surface area contributed by atoms with Crippen molar-refractivity contribution in [3.8, 4) is 0 Å². The van der Waals surface area contributed by atoms with E-state index >= 15 is 0 Å². The summed E-state index contributed by atoms with van der Waals surface area (Å²) in [5.74, 6) is -0.196. The number of aryl methyl sites for hydroxylation is 1. The molecule has 1 aromatic carbocycles. The number of hydrogen-bond donors (Lipinski definition) is 0. The Morgan fingerprint density at radius 1 is 1.00 bits per heavy atom. The monoisotopic (exact) mass is 286 g/mol. The van der Waals surface area contributed by atoms with Gasteiger partial charge >= 0.3 is 8.80 Å². The van der Waals surface area contributed by atoms with Crippen LogP contribution in [0.3, 0.4) is 0 Å². The average molecular weight is 286 g/mol. The van der Waals surface area contributed by atoms with E-state index in [9.17, 15) is 4.39 Å². The Labute approximate surface area is 116 Å². The topological polar surface area (TPSA) is 27.7 Å². The summed E-state index contributed by atoms with van der Waals surface area (Å²) in [6, 6.07) is 5.73. The zero-order chi connectivity index (χ0) is 14.3. The molecule has 0 N–H and O–H groups in total. The predicted octanol–water partition coefficient (Wildman–Crippen LogP) is 3.26. The Kier molecular flexibility index (Phi) is 6.64. The van der Waals surface area contributed by atoms with Crippen molar-refractivity contribution < 1.29 is 17.7 Å². The summed E-state index contributed by atoms with van der Waals surface area (Å²) < 4.78 is 31.3. The largest absolute Gasteiger partial charge is 0.505 e. The highest BCUT2D eigenvalue weighted by atomic mass is 28.4. The number of hydrogen-bond acceptors (Lipinski definition) is 3. The van der Waals surface area contributed by atoms with Crippen molar-refractivity contribution in [2.45, 2.75) is 33.7 Å². The van der Waals surface area contributed by atoms with E-state index in [0.717, 1.165) is 0 Å². The lowest BCUT2D eigenvalue weighted by Crippen LogP contribution is -2.48. The first kappa shape index (κ1) is 16.3. The van der Waals surface area contributed by atoms with Gasteiger partial charge in [0.15, 0.2) is 0 Å². The zero-order valence-corrected chi connectivity index (χ0v) is 13.2. The third kappa shape index (κ3) is 4.38. The Morgan fingerprint density at radius 2 is 1.53 bits per heavy atom. The predicted molar refractivity (Wildman–Crippen MR) is 75.5 cm³/mol. The normalized spacial score (nSPS) is 11.8. The third-order valence-electron chi connectivity index (χ3n) is 2.77. The van der Waals surface area contributed by atoms with E-state index < -0.39 is 8.80 Å². The lowest BCUT2D eigenvalue weighted by molar-refractivity contribution is 0.0701. The first-order valence-corrected chi connectivity index (χ1v) is 8.67. The van der Waals surface area contributed by atoms with E-state index in [0.29, 0.717) is 37.0 Å². The van der Waals surface area contributed by atoms with Crippen LogP contribution in [0, 0.1) is 12.7 Å². The quantitative estimate of drug-likeness (QED) is 0.687. The fourth-order valence-corrected chi connectivity index (χ4v) is 4.63. The second-order valence-electron chi connectivity index (χ2n) is 4.21. The number of rotatable bonds is 8. The van der Waals surface area contributed by atoms with Gasteiger partial charge in [-0.3, -0.25) is 0 Å². The van der Waals surface area contributed by atoms with Gasteiger partial charge in [0.25, 0.3) is 0 Å². The van der Waals surface area contributed by atoms with Crippen molar-refractivity contribution in [3.63, 3.8) is 0 Å². The average Bonchev–Trinajstić information content (AvgIpc) is 2.36. The van der Waals surface area contributed by atoms with Crippen LogP contribution in [0.5, 0.6) is 0 Å². The minimum Gasteiger partial charge on any atom is -0.374 e. The SMILES string of the molecule is CCO[Si](Cc1cccc(C)c1F)(OCC)OCC. The molecule has 0 saturated carbocycles. The van der Waals surface area contributed by atoms with E-state index in [1.165, 1.54) is 0 Å². The van der Waals surface area contributed by atoms with Crippen LogP contribution in [0.25, 0.3) is 0 Å². The molecule has 1 rings (SSSR count). The molecular formula is C14H23FO3Si. The van der Waals surface area contributed by atoms with Gasteiger partial charge in [-0.05, 0) is 38.8 Å². The van der Waals surface area contributed by atoms with Crippen LogP contribution < -0.4 is 0 Å². The summed E-state index contributed by atoms with van der Waals surface area (Å²) in [7, 11) is -2.83. The molecule has 0 heterocycles. The molecule has 0 atom stereocenters. The van der Waals surface area contributed by atoms with Crippen LogP contribution in [0.1, 0.15) is 31.9 Å². The van der Waals surface area contributed by atoms with Crippen molar-refractivity contribution in [3.05, 3.63) is 35.1 Å². The van der Waals surface area contributed by atoms with Crippen LogP contribution in [-0.4, -0.2) is 28.6 Å². The molecule has 0 aliphatic heterocycles. The Bertz CT molecular complexity index is 381. The van der Waals surface area contributed by atoms with Gasteiger partial charge < -0.3 is 13.3 Å². The maximum absolute atomic E-state index is 14.1. The summed E-state index contributed by atoms with van der Waals surface area (Å²) >= 11 is 0. The molecule has 0 aliphatic carbocycles. The van der Waals surface area contributed by atoms with Crippen molar-refractivity contribution >= 4 is 8.80 Å². The van der Waals surface area contributed by atoms with E-state index in [1.54, 1.807) is 19.1 Å². The number of halogens is 1. The first-order valence-electron chi connectivity index (χ1n) is 6.74. The summed E-state index contributed by atoms with van der Waals surface area (Å²) in [5, 5.41) is 0. The second kappa shape index (κ2) is 7.74. The van der Waals surface area contributed by atoms with Gasteiger partial charge in [0.2, 0.25) is 0 Å².